The molecule has 1 heterocycles. The second kappa shape index (κ2) is 5.71. The Labute approximate surface area is 123 Å². The zero-order chi connectivity index (χ0) is 14.7. The van der Waals surface area contributed by atoms with Crippen LogP contribution in [-0.4, -0.2) is 19.8 Å². The van der Waals surface area contributed by atoms with Gasteiger partial charge in [-0.2, -0.15) is 0 Å². The van der Waals surface area contributed by atoms with Crippen LogP contribution in [0.1, 0.15) is 5.56 Å². The number of aromatic nitrogens is 2. The lowest BCUT2D eigenvalue weighted by molar-refractivity contribution is 0.474. The fourth-order valence-corrected chi connectivity index (χ4v) is 2.28. The summed E-state index contributed by atoms with van der Waals surface area (Å²) in [6.45, 7) is 0.807. The van der Waals surface area contributed by atoms with Gasteiger partial charge in [0.2, 0.25) is 0 Å². The van der Waals surface area contributed by atoms with E-state index in [-0.39, 0.29) is 11.5 Å². The summed E-state index contributed by atoms with van der Waals surface area (Å²) in [5, 5.41) is 18.6. The van der Waals surface area contributed by atoms with Gasteiger partial charge in [0.05, 0.1) is 18.2 Å². The minimum atomic E-state index is 0.258. The van der Waals surface area contributed by atoms with Crippen LogP contribution >= 0.6 is 0 Å². The SMILES string of the molecule is Oc1ccc(CCn2cncc2-c2ccc(O)cc2)cc1. The van der Waals surface area contributed by atoms with Crippen LogP contribution < -0.4 is 0 Å². The highest BCUT2D eigenvalue weighted by Crippen LogP contribution is 2.22. The van der Waals surface area contributed by atoms with Crippen LogP contribution in [0.2, 0.25) is 0 Å². The molecule has 4 heteroatoms. The molecule has 106 valence electrons. The second-order valence-corrected chi connectivity index (χ2v) is 4.94. The van der Waals surface area contributed by atoms with Crippen LogP contribution in [0.3, 0.4) is 0 Å². The molecule has 0 amide bonds. The molecular formula is C17H16N2O2. The number of hydrogen-bond donors (Lipinski definition) is 2. The number of imidazole rings is 1. The van der Waals surface area contributed by atoms with Gasteiger partial charge in [0.1, 0.15) is 11.5 Å². The van der Waals surface area contributed by atoms with Crippen molar-refractivity contribution in [2.45, 2.75) is 13.0 Å². The molecule has 2 aromatic carbocycles. The maximum atomic E-state index is 9.36. The lowest BCUT2D eigenvalue weighted by atomic mass is 10.1. The normalized spacial score (nSPS) is 10.7. The van der Waals surface area contributed by atoms with Gasteiger partial charge in [-0.1, -0.05) is 12.1 Å². The third-order valence-corrected chi connectivity index (χ3v) is 3.45. The Bertz CT molecular complexity index is 715. The van der Waals surface area contributed by atoms with Gasteiger partial charge in [0.25, 0.3) is 0 Å². The number of aryl methyl sites for hydroxylation is 2. The molecule has 0 unspecified atom stereocenters. The van der Waals surface area contributed by atoms with E-state index in [1.807, 2.05) is 36.8 Å². The number of hydrogen-bond acceptors (Lipinski definition) is 3. The summed E-state index contributed by atoms with van der Waals surface area (Å²) in [5.74, 6) is 0.542. The molecule has 0 aliphatic carbocycles. The van der Waals surface area contributed by atoms with Crippen LogP contribution in [0.5, 0.6) is 11.5 Å². The third-order valence-electron chi connectivity index (χ3n) is 3.45. The predicted octanol–water partition coefficient (Wildman–Crippen LogP) is 3.20. The molecule has 2 N–H and O–H groups in total. The lowest BCUT2D eigenvalue weighted by Crippen LogP contribution is -2.01. The Morgan fingerprint density at radius 2 is 1.48 bits per heavy atom. The Morgan fingerprint density at radius 3 is 2.14 bits per heavy atom. The average Bonchev–Trinajstić information content (AvgIpc) is 2.96. The first-order chi connectivity index (χ1) is 10.2. The first-order valence-electron chi connectivity index (χ1n) is 6.80. The molecule has 0 aliphatic rings. The van der Waals surface area contributed by atoms with Crippen LogP contribution in [0.15, 0.2) is 61.1 Å². The summed E-state index contributed by atoms with van der Waals surface area (Å²) in [5.41, 5.74) is 3.21. The Balaban J connectivity index is 1.76. The number of aromatic hydroxyl groups is 2. The Hall–Kier alpha value is -2.75. The van der Waals surface area contributed by atoms with Crippen molar-refractivity contribution in [1.29, 1.82) is 0 Å². The maximum absolute atomic E-state index is 9.36. The van der Waals surface area contributed by atoms with Gasteiger partial charge in [-0.15, -0.1) is 0 Å². The predicted molar refractivity (Wildman–Crippen MR) is 81.1 cm³/mol. The largest absolute Gasteiger partial charge is 0.508 e. The fourth-order valence-electron chi connectivity index (χ4n) is 2.28. The van der Waals surface area contributed by atoms with Crippen molar-refractivity contribution < 1.29 is 10.2 Å². The molecule has 21 heavy (non-hydrogen) atoms. The van der Waals surface area contributed by atoms with Crippen molar-refractivity contribution in [3.05, 3.63) is 66.6 Å². The summed E-state index contributed by atoms with van der Waals surface area (Å²) in [6.07, 6.45) is 4.49. The van der Waals surface area contributed by atoms with Gasteiger partial charge in [0.15, 0.2) is 0 Å². The van der Waals surface area contributed by atoms with Crippen LogP contribution in [0, 0.1) is 0 Å². The van der Waals surface area contributed by atoms with E-state index in [9.17, 15) is 10.2 Å². The quantitative estimate of drug-likeness (QED) is 0.771. The summed E-state index contributed by atoms with van der Waals surface area (Å²) in [4.78, 5) is 4.21. The van der Waals surface area contributed by atoms with Crippen molar-refractivity contribution in [3.8, 4) is 22.8 Å². The standard InChI is InChI=1S/C17H16N2O2/c20-15-5-1-13(2-6-15)9-10-19-12-18-11-17(19)14-3-7-16(21)8-4-14/h1-8,11-12,20-21H,9-10H2. The van der Waals surface area contributed by atoms with E-state index in [1.165, 1.54) is 0 Å². The monoisotopic (exact) mass is 280 g/mol. The van der Waals surface area contributed by atoms with E-state index in [1.54, 1.807) is 24.3 Å². The maximum Gasteiger partial charge on any atom is 0.115 e. The van der Waals surface area contributed by atoms with Crippen molar-refractivity contribution in [1.82, 2.24) is 9.55 Å². The van der Waals surface area contributed by atoms with Crippen molar-refractivity contribution in [3.63, 3.8) is 0 Å². The summed E-state index contributed by atoms with van der Waals surface area (Å²) in [7, 11) is 0. The summed E-state index contributed by atoms with van der Waals surface area (Å²) in [6, 6.07) is 14.3. The highest BCUT2D eigenvalue weighted by Gasteiger charge is 2.05. The topological polar surface area (TPSA) is 58.3 Å². The molecule has 0 saturated heterocycles. The molecule has 3 rings (SSSR count). The molecule has 0 bridgehead atoms. The zero-order valence-corrected chi connectivity index (χ0v) is 11.5. The number of phenolic OH excluding ortho intramolecular Hbond substituents is 2. The number of phenols is 2. The van der Waals surface area contributed by atoms with Gasteiger partial charge < -0.3 is 14.8 Å². The number of rotatable bonds is 4. The molecule has 0 saturated carbocycles. The van der Waals surface area contributed by atoms with Crippen molar-refractivity contribution >= 4 is 0 Å². The number of benzene rings is 2. The van der Waals surface area contributed by atoms with Crippen LogP contribution in [-0.2, 0) is 13.0 Å². The molecule has 0 spiro atoms. The Kier molecular flexibility index (Phi) is 3.60. The fraction of sp³-hybridized carbons (Fsp3) is 0.118. The van der Waals surface area contributed by atoms with Crippen molar-refractivity contribution in [2.24, 2.45) is 0 Å². The average molecular weight is 280 g/mol. The Morgan fingerprint density at radius 1 is 0.857 bits per heavy atom. The minimum absolute atomic E-state index is 0.258. The van der Waals surface area contributed by atoms with Gasteiger partial charge in [0, 0.05) is 12.1 Å². The van der Waals surface area contributed by atoms with Gasteiger partial charge in [-0.3, -0.25) is 0 Å². The highest BCUT2D eigenvalue weighted by molar-refractivity contribution is 5.59. The molecule has 0 atom stereocenters. The first-order valence-corrected chi connectivity index (χ1v) is 6.80. The lowest BCUT2D eigenvalue weighted by Gasteiger charge is -2.08. The molecule has 3 aromatic rings. The molecule has 0 fully saturated rings. The van der Waals surface area contributed by atoms with E-state index in [2.05, 4.69) is 9.55 Å². The first kappa shape index (κ1) is 13.2. The minimum Gasteiger partial charge on any atom is -0.508 e. The van der Waals surface area contributed by atoms with E-state index in [0.29, 0.717) is 0 Å². The van der Waals surface area contributed by atoms with Crippen molar-refractivity contribution in [2.75, 3.05) is 0 Å². The summed E-state index contributed by atoms with van der Waals surface area (Å²) >= 11 is 0. The smallest absolute Gasteiger partial charge is 0.115 e. The van der Waals surface area contributed by atoms with Gasteiger partial charge in [-0.05, 0) is 48.4 Å². The number of nitrogens with zero attached hydrogens (tertiary/aromatic N) is 2. The highest BCUT2D eigenvalue weighted by atomic mass is 16.3. The second-order valence-electron chi connectivity index (χ2n) is 4.94. The molecule has 0 aliphatic heterocycles. The molecular weight excluding hydrogens is 264 g/mol. The summed E-state index contributed by atoms with van der Waals surface area (Å²) < 4.78 is 2.08. The molecule has 0 radical (unpaired) electrons. The van der Waals surface area contributed by atoms with Gasteiger partial charge in [-0.25, -0.2) is 4.98 Å². The van der Waals surface area contributed by atoms with Crippen LogP contribution in [0.25, 0.3) is 11.3 Å². The van der Waals surface area contributed by atoms with E-state index >= 15 is 0 Å². The van der Waals surface area contributed by atoms with Gasteiger partial charge >= 0.3 is 0 Å². The molecule has 1 aromatic heterocycles. The van der Waals surface area contributed by atoms with E-state index < -0.39 is 0 Å². The van der Waals surface area contributed by atoms with E-state index in [0.717, 1.165) is 29.8 Å². The van der Waals surface area contributed by atoms with E-state index in [4.69, 9.17) is 0 Å². The van der Waals surface area contributed by atoms with Crippen LogP contribution in [0.4, 0.5) is 0 Å². The molecule has 4 nitrogen and oxygen atoms in total. The third kappa shape index (κ3) is 3.05. The zero-order valence-electron chi connectivity index (χ0n) is 11.5.